The van der Waals surface area contributed by atoms with Crippen molar-refractivity contribution in [1.82, 2.24) is 0 Å². The molecule has 0 heterocycles. The molecule has 0 saturated carbocycles. The number of ether oxygens (including phenoxy) is 2. The summed E-state index contributed by atoms with van der Waals surface area (Å²) in [4.78, 5) is 24.0. The third kappa shape index (κ3) is 5.59. The number of hydrogen-bond acceptors (Lipinski definition) is 6. The molecule has 138 valence electrons. The Balaban J connectivity index is 1.98. The molecule has 0 aliphatic heterocycles. The zero-order valence-corrected chi connectivity index (χ0v) is 15.4. The molecule has 0 saturated heterocycles. The Labute approximate surface area is 156 Å². The molecule has 4 N–H and O–H groups in total. The molecule has 0 aliphatic rings. The van der Waals surface area contributed by atoms with Gasteiger partial charge in [-0.25, -0.2) is 0 Å². The quantitative estimate of drug-likeness (QED) is 0.581. The van der Waals surface area contributed by atoms with Gasteiger partial charge in [-0.3, -0.25) is 9.59 Å². The van der Waals surface area contributed by atoms with Gasteiger partial charge in [-0.2, -0.15) is 0 Å². The number of para-hydroxylation sites is 1. The second-order valence-corrected chi connectivity index (χ2v) is 6.24. The fourth-order valence-electron chi connectivity index (χ4n) is 2.16. The molecule has 0 spiro atoms. The van der Waals surface area contributed by atoms with Gasteiger partial charge in [0.05, 0.1) is 32.2 Å². The smallest absolute Gasteiger partial charge is 0.243 e. The number of nitrogens with one attached hydrogen (secondary N) is 2. The lowest BCUT2D eigenvalue weighted by Crippen LogP contribution is -2.22. The maximum absolute atomic E-state index is 12.2. The average molecular weight is 375 g/mol. The first kappa shape index (κ1) is 19.5. The van der Waals surface area contributed by atoms with Crippen molar-refractivity contribution in [3.05, 3.63) is 42.5 Å². The molecule has 2 aromatic carbocycles. The summed E-state index contributed by atoms with van der Waals surface area (Å²) in [6, 6.07) is 12.6. The Hall–Kier alpha value is -2.87. The first-order valence-electron chi connectivity index (χ1n) is 7.79. The van der Waals surface area contributed by atoms with Gasteiger partial charge >= 0.3 is 0 Å². The predicted molar refractivity (Wildman–Crippen MR) is 103 cm³/mol. The summed E-state index contributed by atoms with van der Waals surface area (Å²) in [6.07, 6.45) is 0. The van der Waals surface area contributed by atoms with Crippen LogP contribution in [0.15, 0.2) is 47.4 Å². The lowest BCUT2D eigenvalue weighted by atomic mass is 10.2. The van der Waals surface area contributed by atoms with Crippen LogP contribution >= 0.6 is 11.8 Å². The monoisotopic (exact) mass is 375 g/mol. The molecule has 0 atom stereocenters. The Morgan fingerprint density at radius 3 is 2.54 bits per heavy atom. The van der Waals surface area contributed by atoms with Crippen LogP contribution in [0.5, 0.6) is 11.5 Å². The van der Waals surface area contributed by atoms with Crippen molar-refractivity contribution in [3.63, 3.8) is 0 Å². The van der Waals surface area contributed by atoms with Crippen LogP contribution in [0.3, 0.4) is 0 Å². The number of thioether (sulfide) groups is 1. The van der Waals surface area contributed by atoms with E-state index in [0.29, 0.717) is 17.2 Å². The SMILES string of the molecule is COc1ccc(NC(=O)CNc2ccccc2SCC(N)=O)c(OC)c1. The molecule has 0 unspecified atom stereocenters. The molecular weight excluding hydrogens is 354 g/mol. The van der Waals surface area contributed by atoms with Crippen molar-refractivity contribution in [2.75, 3.05) is 37.2 Å². The largest absolute Gasteiger partial charge is 0.497 e. The third-order valence-corrected chi connectivity index (χ3v) is 4.48. The molecule has 2 aromatic rings. The fraction of sp³-hybridized carbons (Fsp3) is 0.222. The lowest BCUT2D eigenvalue weighted by molar-refractivity contribution is -0.116. The topological polar surface area (TPSA) is 103 Å². The number of benzene rings is 2. The van der Waals surface area contributed by atoms with Crippen LogP contribution < -0.4 is 25.8 Å². The summed E-state index contributed by atoms with van der Waals surface area (Å²) in [5, 5.41) is 5.86. The van der Waals surface area contributed by atoms with Crippen LogP contribution in [-0.4, -0.2) is 38.3 Å². The average Bonchev–Trinajstić information content (AvgIpc) is 2.65. The molecule has 26 heavy (non-hydrogen) atoms. The first-order chi connectivity index (χ1) is 12.5. The number of rotatable bonds is 9. The van der Waals surface area contributed by atoms with E-state index < -0.39 is 5.91 Å². The molecule has 7 nitrogen and oxygen atoms in total. The van der Waals surface area contributed by atoms with Gasteiger partial charge in [0.1, 0.15) is 11.5 Å². The second kappa shape index (κ2) is 9.57. The Kier molecular flexibility index (Phi) is 7.16. The fourth-order valence-corrected chi connectivity index (χ4v) is 2.93. The standard InChI is InChI=1S/C18H21N3O4S/c1-24-12-7-8-13(15(9-12)25-2)21-18(23)10-20-14-5-3-4-6-16(14)26-11-17(19)22/h3-9,20H,10-11H2,1-2H3,(H2,19,22)(H,21,23). The minimum Gasteiger partial charge on any atom is -0.497 e. The van der Waals surface area contributed by atoms with E-state index in [0.717, 1.165) is 10.6 Å². The van der Waals surface area contributed by atoms with Gasteiger partial charge in [0.25, 0.3) is 0 Å². The number of nitrogens with two attached hydrogens (primary N) is 1. The van der Waals surface area contributed by atoms with Crippen molar-refractivity contribution >= 4 is 35.0 Å². The number of carbonyl (C=O) groups is 2. The highest BCUT2D eigenvalue weighted by molar-refractivity contribution is 8.00. The van der Waals surface area contributed by atoms with E-state index in [2.05, 4.69) is 10.6 Å². The van der Waals surface area contributed by atoms with E-state index in [9.17, 15) is 9.59 Å². The summed E-state index contributed by atoms with van der Waals surface area (Å²) < 4.78 is 10.4. The number of primary amides is 1. The van der Waals surface area contributed by atoms with Crippen LogP contribution in [0.25, 0.3) is 0 Å². The molecule has 0 bridgehead atoms. The van der Waals surface area contributed by atoms with E-state index >= 15 is 0 Å². The predicted octanol–water partition coefficient (Wildman–Crippen LogP) is 2.33. The van der Waals surface area contributed by atoms with Gasteiger partial charge < -0.3 is 25.8 Å². The van der Waals surface area contributed by atoms with Crippen LogP contribution in [0.1, 0.15) is 0 Å². The molecule has 8 heteroatoms. The van der Waals surface area contributed by atoms with Gasteiger partial charge in [-0.05, 0) is 24.3 Å². The second-order valence-electron chi connectivity index (χ2n) is 5.22. The summed E-state index contributed by atoms with van der Waals surface area (Å²) >= 11 is 1.32. The third-order valence-electron chi connectivity index (χ3n) is 3.38. The number of amides is 2. The minimum absolute atomic E-state index is 0.0589. The minimum atomic E-state index is -0.394. The Morgan fingerprint density at radius 1 is 1.08 bits per heavy atom. The zero-order valence-electron chi connectivity index (χ0n) is 14.6. The summed E-state index contributed by atoms with van der Waals surface area (Å²) in [6.45, 7) is 0.0589. The molecule has 0 aromatic heterocycles. The maximum Gasteiger partial charge on any atom is 0.243 e. The first-order valence-corrected chi connectivity index (χ1v) is 8.78. The van der Waals surface area contributed by atoms with Crippen molar-refractivity contribution in [2.24, 2.45) is 5.73 Å². The van der Waals surface area contributed by atoms with Crippen LogP contribution in [0.4, 0.5) is 11.4 Å². The highest BCUT2D eigenvalue weighted by Gasteiger charge is 2.10. The van der Waals surface area contributed by atoms with Gasteiger partial charge in [0.15, 0.2) is 0 Å². The van der Waals surface area contributed by atoms with Gasteiger partial charge in [-0.1, -0.05) is 12.1 Å². The normalized spacial score (nSPS) is 10.1. The highest BCUT2D eigenvalue weighted by atomic mass is 32.2. The Morgan fingerprint density at radius 2 is 1.85 bits per heavy atom. The van der Waals surface area contributed by atoms with Crippen LogP contribution in [-0.2, 0) is 9.59 Å². The summed E-state index contributed by atoms with van der Waals surface area (Å²) in [7, 11) is 3.08. The van der Waals surface area contributed by atoms with Gasteiger partial charge in [0, 0.05) is 16.6 Å². The van der Waals surface area contributed by atoms with E-state index in [1.54, 1.807) is 25.3 Å². The summed E-state index contributed by atoms with van der Waals surface area (Å²) in [5.41, 5.74) is 6.49. The molecule has 2 amide bonds. The van der Waals surface area contributed by atoms with Crippen molar-refractivity contribution < 1.29 is 19.1 Å². The Bertz CT molecular complexity index is 783. The number of carbonyl (C=O) groups excluding carboxylic acids is 2. The molecule has 0 aliphatic carbocycles. The van der Waals surface area contributed by atoms with Crippen LogP contribution in [0.2, 0.25) is 0 Å². The zero-order chi connectivity index (χ0) is 18.9. The lowest BCUT2D eigenvalue weighted by Gasteiger charge is -2.13. The summed E-state index contributed by atoms with van der Waals surface area (Å²) in [5.74, 6) is 0.694. The van der Waals surface area contributed by atoms with E-state index in [4.69, 9.17) is 15.2 Å². The van der Waals surface area contributed by atoms with Gasteiger partial charge in [0.2, 0.25) is 11.8 Å². The number of hydrogen-bond donors (Lipinski definition) is 3. The maximum atomic E-state index is 12.2. The molecule has 2 rings (SSSR count). The molecule has 0 fully saturated rings. The molecule has 0 radical (unpaired) electrons. The molecular formula is C18H21N3O4S. The van der Waals surface area contributed by atoms with E-state index in [-0.39, 0.29) is 18.2 Å². The van der Waals surface area contributed by atoms with Gasteiger partial charge in [-0.15, -0.1) is 11.8 Å². The number of anilines is 2. The van der Waals surface area contributed by atoms with E-state index in [1.165, 1.54) is 18.9 Å². The number of methoxy groups -OCH3 is 2. The van der Waals surface area contributed by atoms with E-state index in [1.807, 2.05) is 24.3 Å². The van der Waals surface area contributed by atoms with Crippen molar-refractivity contribution in [2.45, 2.75) is 4.90 Å². The highest BCUT2D eigenvalue weighted by Crippen LogP contribution is 2.29. The van der Waals surface area contributed by atoms with Crippen molar-refractivity contribution in [3.8, 4) is 11.5 Å². The van der Waals surface area contributed by atoms with Crippen LogP contribution in [0, 0.1) is 0 Å². The van der Waals surface area contributed by atoms with Crippen molar-refractivity contribution in [1.29, 1.82) is 0 Å².